The highest BCUT2D eigenvalue weighted by Crippen LogP contribution is 2.37. The lowest BCUT2D eigenvalue weighted by molar-refractivity contribution is -0.117. The van der Waals surface area contributed by atoms with E-state index in [1.54, 1.807) is 0 Å². The number of aryl methyl sites for hydroxylation is 1. The second-order valence-corrected chi connectivity index (χ2v) is 8.50. The largest absolute Gasteiger partial charge is 0.365 e. The second-order valence-electron chi connectivity index (χ2n) is 6.48. The Morgan fingerprint density at radius 1 is 1.21 bits per heavy atom. The minimum atomic E-state index is -0.508. The van der Waals surface area contributed by atoms with Crippen molar-refractivity contribution in [2.75, 3.05) is 5.32 Å². The number of primary amides is 1. The zero-order valence-corrected chi connectivity index (χ0v) is 17.2. The molecule has 28 heavy (non-hydrogen) atoms. The van der Waals surface area contributed by atoms with Gasteiger partial charge < -0.3 is 11.1 Å². The van der Waals surface area contributed by atoms with E-state index in [1.807, 2.05) is 24.3 Å². The number of benzene rings is 1. The third-order valence-electron chi connectivity index (χ3n) is 4.51. The molecule has 3 aromatic rings. The molecule has 2 heterocycles. The molecule has 0 saturated heterocycles. The number of tetrazole rings is 1. The Hall–Kier alpha value is -2.59. The molecule has 0 unspecified atom stereocenters. The highest BCUT2D eigenvalue weighted by atomic mass is 79.9. The predicted molar refractivity (Wildman–Crippen MR) is 109 cm³/mol. The van der Waals surface area contributed by atoms with Crippen LogP contribution in [0.3, 0.4) is 0 Å². The fourth-order valence-corrected chi connectivity index (χ4v) is 4.81. The molecule has 3 N–H and O–H groups in total. The number of hydrogen-bond donors (Lipinski definition) is 2. The van der Waals surface area contributed by atoms with Crippen molar-refractivity contribution in [3.63, 3.8) is 0 Å². The van der Waals surface area contributed by atoms with Gasteiger partial charge in [-0.2, -0.15) is 4.80 Å². The van der Waals surface area contributed by atoms with Crippen LogP contribution in [0.25, 0.3) is 11.4 Å². The molecule has 0 bridgehead atoms. The molecule has 10 heteroatoms. The van der Waals surface area contributed by atoms with Crippen molar-refractivity contribution in [2.24, 2.45) is 5.73 Å². The molecule has 0 aliphatic heterocycles. The summed E-state index contributed by atoms with van der Waals surface area (Å²) < 4.78 is 0.951. The van der Waals surface area contributed by atoms with E-state index in [0.29, 0.717) is 16.4 Å². The first-order chi connectivity index (χ1) is 13.5. The molecule has 0 radical (unpaired) electrons. The quantitative estimate of drug-likeness (QED) is 0.606. The van der Waals surface area contributed by atoms with Crippen molar-refractivity contribution in [1.82, 2.24) is 20.2 Å². The van der Waals surface area contributed by atoms with Crippen molar-refractivity contribution < 1.29 is 9.59 Å². The highest BCUT2D eigenvalue weighted by molar-refractivity contribution is 9.10. The van der Waals surface area contributed by atoms with E-state index < -0.39 is 5.91 Å². The van der Waals surface area contributed by atoms with E-state index in [4.69, 9.17) is 5.73 Å². The summed E-state index contributed by atoms with van der Waals surface area (Å²) in [6, 6.07) is 7.49. The number of nitrogens with one attached hydrogen (secondary N) is 1. The fourth-order valence-electron chi connectivity index (χ4n) is 3.23. The summed E-state index contributed by atoms with van der Waals surface area (Å²) in [5.41, 5.74) is 7.79. The highest BCUT2D eigenvalue weighted by Gasteiger charge is 2.25. The molecule has 2 aromatic heterocycles. The van der Waals surface area contributed by atoms with Gasteiger partial charge in [-0.15, -0.1) is 21.5 Å². The average molecular weight is 461 g/mol. The third-order valence-corrected chi connectivity index (χ3v) is 6.25. The number of anilines is 1. The molecule has 144 valence electrons. The Bertz CT molecular complexity index is 1040. The molecule has 0 fully saturated rings. The summed E-state index contributed by atoms with van der Waals surface area (Å²) in [6.45, 7) is -0.107. The van der Waals surface area contributed by atoms with Crippen molar-refractivity contribution in [3.8, 4) is 11.4 Å². The number of thiophene rings is 1. The smallest absolute Gasteiger partial charge is 0.251 e. The summed E-state index contributed by atoms with van der Waals surface area (Å²) in [4.78, 5) is 26.7. The molecule has 8 nitrogen and oxygen atoms in total. The molecule has 2 amide bonds. The van der Waals surface area contributed by atoms with Crippen LogP contribution in [0.4, 0.5) is 5.00 Å². The number of rotatable bonds is 5. The first-order valence-corrected chi connectivity index (χ1v) is 10.4. The van der Waals surface area contributed by atoms with Crippen LogP contribution >= 0.6 is 27.3 Å². The van der Waals surface area contributed by atoms with Gasteiger partial charge in [0.05, 0.1) is 5.56 Å². The topological polar surface area (TPSA) is 116 Å². The molecule has 0 spiro atoms. The Labute approximate surface area is 173 Å². The van der Waals surface area contributed by atoms with E-state index in [2.05, 4.69) is 36.7 Å². The summed E-state index contributed by atoms with van der Waals surface area (Å²) >= 11 is 4.81. The van der Waals surface area contributed by atoms with Crippen LogP contribution in [0, 0.1) is 0 Å². The van der Waals surface area contributed by atoms with Crippen molar-refractivity contribution in [2.45, 2.75) is 32.2 Å². The minimum absolute atomic E-state index is 0.107. The Balaban J connectivity index is 1.49. The molecule has 0 saturated carbocycles. The fraction of sp³-hybridized carbons (Fsp3) is 0.278. The summed E-state index contributed by atoms with van der Waals surface area (Å²) in [5, 5.41) is 15.5. The first kappa shape index (κ1) is 18.8. The van der Waals surface area contributed by atoms with E-state index in [1.165, 1.54) is 16.1 Å². The lowest BCUT2D eigenvalue weighted by Crippen LogP contribution is -2.22. The molecule has 4 rings (SSSR count). The normalized spacial score (nSPS) is 13.2. The van der Waals surface area contributed by atoms with Crippen LogP contribution in [0.5, 0.6) is 0 Å². The van der Waals surface area contributed by atoms with Crippen LogP contribution in [0.15, 0.2) is 28.7 Å². The number of nitrogens with zero attached hydrogens (tertiary/aromatic N) is 4. The lowest BCUT2D eigenvalue weighted by atomic mass is 9.95. The van der Waals surface area contributed by atoms with Crippen molar-refractivity contribution in [1.29, 1.82) is 0 Å². The number of amides is 2. The van der Waals surface area contributed by atoms with Gasteiger partial charge in [0, 0.05) is 14.9 Å². The van der Waals surface area contributed by atoms with Crippen LogP contribution in [0.2, 0.25) is 0 Å². The summed E-state index contributed by atoms with van der Waals surface area (Å²) in [5.74, 6) is -0.406. The number of fused-ring (bicyclic) bond motifs is 1. The van der Waals surface area contributed by atoms with Gasteiger partial charge in [0.1, 0.15) is 11.5 Å². The Morgan fingerprint density at radius 3 is 2.71 bits per heavy atom. The number of halogens is 1. The molecular formula is C18H17BrN6O2S. The summed E-state index contributed by atoms with van der Waals surface area (Å²) in [7, 11) is 0. The SMILES string of the molecule is NC(=O)c1c(NC(=O)Cn2nnc(-c3ccc(Br)cc3)n2)sc2c1CCCC2. The number of hydrogen-bond acceptors (Lipinski definition) is 6. The second kappa shape index (κ2) is 7.80. The number of nitrogens with two attached hydrogens (primary N) is 1. The molecule has 1 aromatic carbocycles. The lowest BCUT2D eigenvalue weighted by Gasteiger charge is -2.11. The molecule has 0 atom stereocenters. The Kier molecular flexibility index (Phi) is 5.23. The minimum Gasteiger partial charge on any atom is -0.365 e. The van der Waals surface area contributed by atoms with E-state index in [9.17, 15) is 9.59 Å². The van der Waals surface area contributed by atoms with E-state index in [0.717, 1.165) is 46.2 Å². The maximum absolute atomic E-state index is 12.5. The van der Waals surface area contributed by atoms with Gasteiger partial charge in [0.15, 0.2) is 0 Å². The van der Waals surface area contributed by atoms with Gasteiger partial charge >= 0.3 is 0 Å². The van der Waals surface area contributed by atoms with E-state index >= 15 is 0 Å². The zero-order chi connectivity index (χ0) is 19.7. The standard InChI is InChI=1S/C18H17BrN6O2S/c19-11-7-5-10(6-8-11)17-22-24-25(23-17)9-14(26)21-18-15(16(20)27)12-3-1-2-4-13(12)28-18/h5-8H,1-4,9H2,(H2,20,27)(H,21,26). The monoisotopic (exact) mass is 460 g/mol. The maximum atomic E-state index is 12.5. The predicted octanol–water partition coefficient (Wildman–Crippen LogP) is 2.78. The van der Waals surface area contributed by atoms with Gasteiger partial charge in [-0.1, -0.05) is 15.9 Å². The first-order valence-electron chi connectivity index (χ1n) is 8.79. The van der Waals surface area contributed by atoms with Gasteiger partial charge in [-0.05, 0) is 60.7 Å². The van der Waals surface area contributed by atoms with Crippen LogP contribution in [-0.4, -0.2) is 32.0 Å². The van der Waals surface area contributed by atoms with Crippen LogP contribution < -0.4 is 11.1 Å². The molecular weight excluding hydrogens is 444 g/mol. The average Bonchev–Trinajstić information content (AvgIpc) is 3.26. The number of carbonyl (C=O) groups is 2. The number of carbonyl (C=O) groups excluding carboxylic acids is 2. The van der Waals surface area contributed by atoms with Gasteiger partial charge in [-0.25, -0.2) is 0 Å². The maximum Gasteiger partial charge on any atom is 0.251 e. The van der Waals surface area contributed by atoms with E-state index in [-0.39, 0.29) is 12.5 Å². The van der Waals surface area contributed by atoms with Crippen LogP contribution in [-0.2, 0) is 24.2 Å². The van der Waals surface area contributed by atoms with Gasteiger partial charge in [-0.3, -0.25) is 9.59 Å². The van der Waals surface area contributed by atoms with Crippen molar-refractivity contribution >= 4 is 44.1 Å². The van der Waals surface area contributed by atoms with Crippen LogP contribution in [0.1, 0.15) is 33.6 Å². The number of aromatic nitrogens is 4. The molecule has 1 aliphatic carbocycles. The summed E-state index contributed by atoms with van der Waals surface area (Å²) in [6.07, 6.45) is 3.85. The van der Waals surface area contributed by atoms with Crippen molar-refractivity contribution in [3.05, 3.63) is 44.7 Å². The Morgan fingerprint density at radius 2 is 1.96 bits per heavy atom. The van der Waals surface area contributed by atoms with Gasteiger partial charge in [0.25, 0.3) is 5.91 Å². The van der Waals surface area contributed by atoms with Gasteiger partial charge in [0.2, 0.25) is 11.7 Å². The third kappa shape index (κ3) is 3.83. The zero-order valence-electron chi connectivity index (χ0n) is 14.8. The molecule has 1 aliphatic rings.